The maximum Gasteiger partial charge on any atom is 0.231 e. The first-order valence-electron chi connectivity index (χ1n) is 4.53. The quantitative estimate of drug-likeness (QED) is 0.625. The van der Waals surface area contributed by atoms with Crippen LogP contribution in [0.5, 0.6) is 11.5 Å². The molecule has 14 heavy (non-hydrogen) atoms. The fraction of sp³-hybridized carbons (Fsp3) is 0.273. The average molecular weight is 190 g/mol. The molecular formula is C11H10O3. The zero-order valence-corrected chi connectivity index (χ0v) is 7.71. The largest absolute Gasteiger partial charge is 0.454 e. The first-order valence-corrected chi connectivity index (χ1v) is 4.53. The molecule has 2 heterocycles. The van der Waals surface area contributed by atoms with Crippen molar-refractivity contribution in [2.24, 2.45) is 0 Å². The van der Waals surface area contributed by atoms with Crippen LogP contribution in [0.2, 0.25) is 0 Å². The maximum atomic E-state index is 5.37. The van der Waals surface area contributed by atoms with Crippen molar-refractivity contribution >= 4 is 5.57 Å². The molecule has 0 aromatic heterocycles. The minimum absolute atomic E-state index is 0.311. The number of hydrogen-bond acceptors (Lipinski definition) is 3. The van der Waals surface area contributed by atoms with Crippen LogP contribution in [0.1, 0.15) is 11.1 Å². The molecule has 0 bridgehead atoms. The van der Waals surface area contributed by atoms with Gasteiger partial charge in [0.2, 0.25) is 6.79 Å². The van der Waals surface area contributed by atoms with E-state index >= 15 is 0 Å². The normalized spacial score (nSPS) is 18.1. The van der Waals surface area contributed by atoms with Gasteiger partial charge >= 0.3 is 0 Å². The van der Waals surface area contributed by atoms with Crippen molar-refractivity contribution in [3.8, 4) is 11.5 Å². The van der Waals surface area contributed by atoms with Crippen LogP contribution in [-0.2, 0) is 11.3 Å². The van der Waals surface area contributed by atoms with Gasteiger partial charge < -0.3 is 14.2 Å². The van der Waals surface area contributed by atoms with Gasteiger partial charge in [0.25, 0.3) is 0 Å². The van der Waals surface area contributed by atoms with Crippen molar-refractivity contribution in [2.45, 2.75) is 6.61 Å². The van der Waals surface area contributed by atoms with E-state index in [2.05, 4.69) is 6.58 Å². The number of benzene rings is 1. The predicted molar refractivity (Wildman–Crippen MR) is 51.3 cm³/mol. The zero-order valence-electron chi connectivity index (χ0n) is 7.71. The molecule has 2 aliphatic rings. The molecule has 0 amide bonds. The number of rotatable bonds is 0. The highest BCUT2D eigenvalue weighted by molar-refractivity contribution is 5.71. The Bertz CT molecular complexity index is 409. The molecule has 0 unspecified atom stereocenters. The van der Waals surface area contributed by atoms with E-state index in [0.717, 1.165) is 28.2 Å². The van der Waals surface area contributed by atoms with Crippen LogP contribution < -0.4 is 9.47 Å². The van der Waals surface area contributed by atoms with Crippen molar-refractivity contribution in [2.75, 3.05) is 13.4 Å². The Kier molecular flexibility index (Phi) is 1.55. The molecule has 0 saturated heterocycles. The summed E-state index contributed by atoms with van der Waals surface area (Å²) in [6, 6.07) is 3.96. The van der Waals surface area contributed by atoms with Crippen molar-refractivity contribution in [1.82, 2.24) is 0 Å². The summed E-state index contributed by atoms with van der Waals surface area (Å²) in [6.45, 7) is 5.50. The van der Waals surface area contributed by atoms with Crippen molar-refractivity contribution in [1.29, 1.82) is 0 Å². The summed E-state index contributed by atoms with van der Waals surface area (Å²) in [6.07, 6.45) is 0. The van der Waals surface area contributed by atoms with Gasteiger partial charge in [0.05, 0.1) is 13.2 Å². The summed E-state index contributed by atoms with van der Waals surface area (Å²) in [5.74, 6) is 1.62. The fourth-order valence-corrected chi connectivity index (χ4v) is 1.79. The number of fused-ring (bicyclic) bond motifs is 2. The lowest BCUT2D eigenvalue weighted by Gasteiger charge is -2.18. The third-order valence-electron chi connectivity index (χ3n) is 2.51. The van der Waals surface area contributed by atoms with Crippen LogP contribution in [0.25, 0.3) is 5.57 Å². The highest BCUT2D eigenvalue weighted by Gasteiger charge is 2.20. The van der Waals surface area contributed by atoms with Gasteiger partial charge in [0, 0.05) is 0 Å². The summed E-state index contributed by atoms with van der Waals surface area (Å²) in [5.41, 5.74) is 3.27. The van der Waals surface area contributed by atoms with E-state index in [4.69, 9.17) is 14.2 Å². The fourth-order valence-electron chi connectivity index (χ4n) is 1.79. The Morgan fingerprint density at radius 3 is 2.71 bits per heavy atom. The minimum atomic E-state index is 0.311. The lowest BCUT2D eigenvalue weighted by atomic mass is 9.99. The van der Waals surface area contributed by atoms with Gasteiger partial charge in [-0.05, 0) is 28.8 Å². The Hall–Kier alpha value is -1.48. The second kappa shape index (κ2) is 2.75. The van der Waals surface area contributed by atoms with Crippen molar-refractivity contribution < 1.29 is 14.2 Å². The van der Waals surface area contributed by atoms with Gasteiger partial charge in [0.15, 0.2) is 11.5 Å². The second-order valence-corrected chi connectivity index (χ2v) is 3.46. The molecular weight excluding hydrogens is 180 g/mol. The van der Waals surface area contributed by atoms with Crippen molar-refractivity contribution in [3.63, 3.8) is 0 Å². The van der Waals surface area contributed by atoms with E-state index in [1.165, 1.54) is 0 Å². The molecule has 3 rings (SSSR count). The van der Waals surface area contributed by atoms with Crippen LogP contribution in [0.15, 0.2) is 18.7 Å². The molecule has 1 aromatic rings. The van der Waals surface area contributed by atoms with Gasteiger partial charge in [-0.1, -0.05) is 6.58 Å². The molecule has 72 valence electrons. The van der Waals surface area contributed by atoms with Crippen LogP contribution in [-0.4, -0.2) is 13.4 Å². The van der Waals surface area contributed by atoms with Gasteiger partial charge in [-0.2, -0.15) is 0 Å². The highest BCUT2D eigenvalue weighted by Crippen LogP contribution is 2.38. The van der Waals surface area contributed by atoms with Crippen LogP contribution in [0.4, 0.5) is 0 Å². The molecule has 0 spiro atoms. The Morgan fingerprint density at radius 1 is 1.07 bits per heavy atom. The van der Waals surface area contributed by atoms with E-state index in [1.54, 1.807) is 0 Å². The van der Waals surface area contributed by atoms with Crippen LogP contribution in [0.3, 0.4) is 0 Å². The lowest BCUT2D eigenvalue weighted by molar-refractivity contribution is 0.146. The first kappa shape index (κ1) is 7.88. The number of ether oxygens (including phenoxy) is 3. The van der Waals surface area contributed by atoms with Gasteiger partial charge in [-0.3, -0.25) is 0 Å². The van der Waals surface area contributed by atoms with Gasteiger partial charge in [0.1, 0.15) is 0 Å². The van der Waals surface area contributed by atoms with E-state index in [9.17, 15) is 0 Å². The third-order valence-corrected chi connectivity index (χ3v) is 2.51. The van der Waals surface area contributed by atoms with Crippen LogP contribution >= 0.6 is 0 Å². The summed E-state index contributed by atoms with van der Waals surface area (Å²) >= 11 is 0. The Morgan fingerprint density at radius 2 is 1.86 bits per heavy atom. The summed E-state index contributed by atoms with van der Waals surface area (Å²) < 4.78 is 16.0. The predicted octanol–water partition coefficient (Wildman–Crippen LogP) is 1.96. The topological polar surface area (TPSA) is 27.7 Å². The molecule has 2 aliphatic heterocycles. The summed E-state index contributed by atoms with van der Waals surface area (Å²) in [4.78, 5) is 0. The summed E-state index contributed by atoms with van der Waals surface area (Å²) in [5, 5.41) is 0. The highest BCUT2D eigenvalue weighted by atomic mass is 16.7. The smallest absolute Gasteiger partial charge is 0.231 e. The van der Waals surface area contributed by atoms with E-state index in [-0.39, 0.29) is 0 Å². The van der Waals surface area contributed by atoms with Crippen LogP contribution in [0, 0.1) is 0 Å². The molecule has 3 heteroatoms. The average Bonchev–Trinajstić information content (AvgIpc) is 2.62. The molecule has 1 aromatic carbocycles. The molecule has 0 saturated carbocycles. The first-order chi connectivity index (χ1) is 6.84. The summed E-state index contributed by atoms with van der Waals surface area (Å²) in [7, 11) is 0. The Labute approximate surface area is 81.9 Å². The second-order valence-electron chi connectivity index (χ2n) is 3.46. The molecule has 3 nitrogen and oxygen atoms in total. The molecule has 0 atom stereocenters. The SMILES string of the molecule is C=C1COCc2cc3c(cc21)OCO3. The monoisotopic (exact) mass is 190 g/mol. The molecule has 0 radical (unpaired) electrons. The van der Waals surface area contributed by atoms with Gasteiger partial charge in [-0.15, -0.1) is 0 Å². The third kappa shape index (κ3) is 1.02. The molecule has 0 N–H and O–H groups in total. The van der Waals surface area contributed by atoms with E-state index in [0.29, 0.717) is 20.0 Å². The van der Waals surface area contributed by atoms with E-state index < -0.39 is 0 Å². The van der Waals surface area contributed by atoms with Gasteiger partial charge in [-0.25, -0.2) is 0 Å². The Balaban J connectivity index is 2.17. The molecule has 0 aliphatic carbocycles. The van der Waals surface area contributed by atoms with E-state index in [1.807, 2.05) is 12.1 Å². The lowest BCUT2D eigenvalue weighted by Crippen LogP contribution is -2.07. The zero-order chi connectivity index (χ0) is 9.54. The maximum absolute atomic E-state index is 5.37. The van der Waals surface area contributed by atoms with Crippen molar-refractivity contribution in [3.05, 3.63) is 29.8 Å². The minimum Gasteiger partial charge on any atom is -0.454 e. The standard InChI is InChI=1S/C11H10O3/c1-7-4-12-5-8-2-10-11(3-9(7)8)14-6-13-10/h2-3H,1,4-6H2. The molecule has 0 fully saturated rings. The number of hydrogen-bond donors (Lipinski definition) is 0.